The van der Waals surface area contributed by atoms with Crippen molar-refractivity contribution < 1.29 is 13.5 Å². The first-order valence-electron chi connectivity index (χ1n) is 10.6. The summed E-state index contributed by atoms with van der Waals surface area (Å²) in [6.45, 7) is 0.567. The van der Waals surface area contributed by atoms with Crippen molar-refractivity contribution >= 4 is 21.6 Å². The van der Waals surface area contributed by atoms with Crippen LogP contribution in [0.5, 0.6) is 0 Å². The van der Waals surface area contributed by atoms with Crippen molar-refractivity contribution in [2.24, 2.45) is 0 Å². The van der Waals surface area contributed by atoms with Crippen molar-refractivity contribution in [2.75, 3.05) is 13.1 Å². The second kappa shape index (κ2) is 8.06. The summed E-state index contributed by atoms with van der Waals surface area (Å²) in [5.41, 5.74) is 3.85. The number of halogens is 1. The molecular weight excluding hydrogens is 434 g/mol. The molecule has 2 aliphatic rings. The Kier molecular flexibility index (Phi) is 5.38. The molecule has 5 rings (SSSR count). The van der Waals surface area contributed by atoms with Gasteiger partial charge in [-0.1, -0.05) is 35.9 Å². The molecule has 1 aromatic heterocycles. The van der Waals surface area contributed by atoms with Crippen LogP contribution in [0.4, 0.5) is 0 Å². The number of rotatable bonds is 5. The van der Waals surface area contributed by atoms with E-state index in [1.165, 1.54) is 22.7 Å². The van der Waals surface area contributed by atoms with Crippen molar-refractivity contribution in [3.63, 3.8) is 0 Å². The number of aliphatic hydroxyl groups excluding tert-OH is 1. The SMILES string of the molecule is O=S(=O)(c1cc(-c2nc(-c3ccc(C4CC4)cc3)c[nH]2)ccc1Cl)N1CCC(O)CC1. The Morgan fingerprint density at radius 3 is 2.35 bits per heavy atom. The average Bonchev–Trinajstić information content (AvgIpc) is 3.51. The van der Waals surface area contributed by atoms with E-state index in [-0.39, 0.29) is 23.0 Å². The molecule has 2 fully saturated rings. The molecule has 0 radical (unpaired) electrons. The highest BCUT2D eigenvalue weighted by molar-refractivity contribution is 7.89. The minimum Gasteiger partial charge on any atom is -0.393 e. The van der Waals surface area contributed by atoms with Gasteiger partial charge in [-0.25, -0.2) is 13.4 Å². The third kappa shape index (κ3) is 4.15. The molecule has 1 saturated heterocycles. The van der Waals surface area contributed by atoms with Gasteiger partial charge in [0.05, 0.1) is 16.8 Å². The Hall–Kier alpha value is -2.19. The molecule has 0 amide bonds. The van der Waals surface area contributed by atoms with Crippen molar-refractivity contribution in [3.8, 4) is 22.6 Å². The Labute approximate surface area is 187 Å². The van der Waals surface area contributed by atoms with Crippen molar-refractivity contribution in [1.82, 2.24) is 14.3 Å². The van der Waals surface area contributed by atoms with Gasteiger partial charge in [-0.2, -0.15) is 4.31 Å². The first-order chi connectivity index (χ1) is 14.9. The molecule has 1 saturated carbocycles. The normalized spacial score (nSPS) is 18.4. The van der Waals surface area contributed by atoms with Gasteiger partial charge in [0.25, 0.3) is 0 Å². The highest BCUT2D eigenvalue weighted by atomic mass is 35.5. The minimum absolute atomic E-state index is 0.0646. The van der Waals surface area contributed by atoms with Crippen LogP contribution >= 0.6 is 11.6 Å². The predicted molar refractivity (Wildman–Crippen MR) is 120 cm³/mol. The standard InChI is InChI=1S/C23H24ClN3O3S/c24-20-8-7-18(13-22(20)31(29,30)27-11-9-19(28)10-12-27)23-25-14-21(26-23)17-5-3-16(4-6-17)15-1-2-15/h3-8,13-15,19,28H,1-2,9-12H2,(H,25,26). The molecule has 162 valence electrons. The predicted octanol–water partition coefficient (Wildman–Crippen LogP) is 4.42. The zero-order valence-corrected chi connectivity index (χ0v) is 18.5. The van der Waals surface area contributed by atoms with Crippen LogP contribution in [0.1, 0.15) is 37.2 Å². The number of piperidine rings is 1. The summed E-state index contributed by atoms with van der Waals surface area (Å²) in [7, 11) is -3.75. The smallest absolute Gasteiger partial charge is 0.244 e. The van der Waals surface area contributed by atoms with E-state index >= 15 is 0 Å². The lowest BCUT2D eigenvalue weighted by atomic mass is 10.1. The first-order valence-corrected chi connectivity index (χ1v) is 12.4. The fourth-order valence-electron chi connectivity index (χ4n) is 4.03. The maximum atomic E-state index is 13.1. The molecule has 0 spiro atoms. The lowest BCUT2D eigenvalue weighted by Crippen LogP contribution is -2.40. The van der Waals surface area contributed by atoms with Crippen LogP contribution in [0.25, 0.3) is 22.6 Å². The van der Waals surface area contributed by atoms with E-state index < -0.39 is 16.1 Å². The van der Waals surface area contributed by atoms with Crippen molar-refractivity contribution in [1.29, 1.82) is 0 Å². The van der Waals surface area contributed by atoms with E-state index in [0.29, 0.717) is 30.1 Å². The topological polar surface area (TPSA) is 86.3 Å². The summed E-state index contributed by atoms with van der Waals surface area (Å²) in [4.78, 5) is 7.90. The number of aliphatic hydroxyl groups is 1. The van der Waals surface area contributed by atoms with Crippen LogP contribution in [0.15, 0.2) is 53.6 Å². The minimum atomic E-state index is -3.75. The number of benzene rings is 2. The first kappa shape index (κ1) is 20.7. The number of imidazole rings is 1. The van der Waals surface area contributed by atoms with Crippen molar-refractivity contribution in [3.05, 3.63) is 59.2 Å². The maximum Gasteiger partial charge on any atom is 0.244 e. The van der Waals surface area contributed by atoms with Gasteiger partial charge in [-0.3, -0.25) is 0 Å². The summed E-state index contributed by atoms with van der Waals surface area (Å²) in [6, 6.07) is 13.4. The average molecular weight is 458 g/mol. The molecule has 2 heterocycles. The highest BCUT2D eigenvalue weighted by Crippen LogP contribution is 2.40. The second-order valence-electron chi connectivity index (χ2n) is 8.31. The molecule has 3 aromatic rings. The molecule has 0 bridgehead atoms. The second-order valence-corrected chi connectivity index (χ2v) is 10.6. The Morgan fingerprint density at radius 1 is 1.00 bits per heavy atom. The number of hydrogen-bond donors (Lipinski definition) is 2. The monoisotopic (exact) mass is 457 g/mol. The van der Waals surface area contributed by atoms with Gasteiger partial charge in [0.2, 0.25) is 10.0 Å². The van der Waals surface area contributed by atoms with E-state index in [0.717, 1.165) is 11.3 Å². The maximum absolute atomic E-state index is 13.1. The highest BCUT2D eigenvalue weighted by Gasteiger charge is 2.30. The van der Waals surface area contributed by atoms with Gasteiger partial charge in [0, 0.05) is 30.4 Å². The van der Waals surface area contributed by atoms with Gasteiger partial charge in [0.1, 0.15) is 10.7 Å². The van der Waals surface area contributed by atoms with Crippen LogP contribution in [0.3, 0.4) is 0 Å². The summed E-state index contributed by atoms with van der Waals surface area (Å²) >= 11 is 6.28. The largest absolute Gasteiger partial charge is 0.393 e. The Balaban J connectivity index is 1.42. The van der Waals surface area contributed by atoms with Gasteiger partial charge in [-0.15, -0.1) is 0 Å². The van der Waals surface area contributed by atoms with Crippen LogP contribution in [-0.4, -0.2) is 47.0 Å². The number of sulfonamides is 1. The summed E-state index contributed by atoms with van der Waals surface area (Å²) in [5.74, 6) is 1.30. The molecule has 1 aliphatic heterocycles. The van der Waals surface area contributed by atoms with E-state index in [2.05, 4.69) is 34.2 Å². The fourth-order valence-corrected chi connectivity index (χ4v) is 6.00. The summed E-state index contributed by atoms with van der Waals surface area (Å²) in [6.07, 6.45) is 4.77. The molecule has 0 unspecified atom stereocenters. The van der Waals surface area contributed by atoms with Gasteiger partial charge < -0.3 is 10.1 Å². The Bertz CT molecular complexity index is 1200. The molecule has 2 N–H and O–H groups in total. The zero-order valence-electron chi connectivity index (χ0n) is 17.0. The molecule has 0 atom stereocenters. The Morgan fingerprint density at radius 2 is 1.68 bits per heavy atom. The third-order valence-corrected chi connectivity index (χ3v) is 8.46. The van der Waals surface area contributed by atoms with Crippen LogP contribution in [-0.2, 0) is 10.0 Å². The quantitative estimate of drug-likeness (QED) is 0.593. The molecule has 8 heteroatoms. The number of nitrogens with one attached hydrogen (secondary N) is 1. The van der Waals surface area contributed by atoms with Gasteiger partial charge >= 0.3 is 0 Å². The van der Waals surface area contributed by atoms with Crippen LogP contribution in [0, 0.1) is 0 Å². The molecule has 31 heavy (non-hydrogen) atoms. The van der Waals surface area contributed by atoms with Crippen LogP contribution < -0.4 is 0 Å². The van der Waals surface area contributed by atoms with Crippen molar-refractivity contribution in [2.45, 2.75) is 42.6 Å². The molecular formula is C23H24ClN3O3S. The summed E-state index contributed by atoms with van der Waals surface area (Å²) < 4.78 is 27.7. The number of aromatic amines is 1. The zero-order chi connectivity index (χ0) is 21.6. The number of H-pyrrole nitrogens is 1. The summed E-state index contributed by atoms with van der Waals surface area (Å²) in [5, 5.41) is 9.87. The van der Waals surface area contributed by atoms with Gasteiger partial charge in [0.15, 0.2) is 0 Å². The van der Waals surface area contributed by atoms with Gasteiger partial charge in [-0.05, 0) is 55.4 Å². The van der Waals surface area contributed by atoms with Crippen LogP contribution in [0.2, 0.25) is 5.02 Å². The number of aromatic nitrogens is 2. The number of hydrogen-bond acceptors (Lipinski definition) is 4. The molecule has 2 aromatic carbocycles. The van der Waals surface area contributed by atoms with E-state index in [9.17, 15) is 13.5 Å². The van der Waals surface area contributed by atoms with E-state index in [1.807, 2.05) is 6.20 Å². The lowest BCUT2D eigenvalue weighted by Gasteiger charge is -2.29. The third-order valence-electron chi connectivity index (χ3n) is 6.08. The molecule has 6 nitrogen and oxygen atoms in total. The molecule has 1 aliphatic carbocycles. The van der Waals surface area contributed by atoms with E-state index in [4.69, 9.17) is 11.6 Å². The van der Waals surface area contributed by atoms with E-state index in [1.54, 1.807) is 18.2 Å². The lowest BCUT2D eigenvalue weighted by molar-refractivity contribution is 0.113. The fraction of sp³-hybridized carbons (Fsp3) is 0.348. The number of nitrogens with zero attached hydrogens (tertiary/aromatic N) is 2.